The molecule has 4 rings (SSSR count). The molecule has 0 spiro atoms. The number of aliphatic hydroxyl groups is 1. The van der Waals surface area contributed by atoms with Crippen LogP contribution in [0.1, 0.15) is 30.4 Å². The Labute approximate surface area is 112 Å². The van der Waals surface area contributed by atoms with E-state index in [9.17, 15) is 5.11 Å². The van der Waals surface area contributed by atoms with Gasteiger partial charge in [0.25, 0.3) is 0 Å². The maximum absolute atomic E-state index is 9.65. The summed E-state index contributed by atoms with van der Waals surface area (Å²) in [6.45, 7) is 0. The standard InChI is InChI=1S/C18H16O/c19-14-7-10-16-13(11-14)6-9-17-15-4-2-1-3-12(15)5-8-18(16)17/h2,4,6-10,19H,1,3,5,11H2. The molecule has 3 aliphatic rings. The minimum absolute atomic E-state index is 0.459. The number of hydrogen-bond donors (Lipinski definition) is 1. The van der Waals surface area contributed by atoms with E-state index in [1.807, 2.05) is 6.08 Å². The Morgan fingerprint density at radius 2 is 2.00 bits per heavy atom. The maximum atomic E-state index is 9.65. The molecule has 1 nitrogen and oxygen atoms in total. The van der Waals surface area contributed by atoms with E-state index in [1.165, 1.54) is 40.0 Å². The lowest BCUT2D eigenvalue weighted by molar-refractivity contribution is 0.398. The molecule has 0 unspecified atom stereocenters. The predicted molar refractivity (Wildman–Crippen MR) is 78.9 cm³/mol. The van der Waals surface area contributed by atoms with Gasteiger partial charge in [-0.25, -0.2) is 0 Å². The molecule has 0 atom stereocenters. The van der Waals surface area contributed by atoms with Gasteiger partial charge in [-0.05, 0) is 52.5 Å². The average Bonchev–Trinajstić information content (AvgIpc) is 2.46. The first kappa shape index (κ1) is 10.9. The quantitative estimate of drug-likeness (QED) is 0.748. The number of allylic oxidation sites excluding steroid dienone is 6. The van der Waals surface area contributed by atoms with E-state index in [4.69, 9.17) is 0 Å². The molecule has 0 bridgehead atoms. The van der Waals surface area contributed by atoms with Crippen molar-refractivity contribution >= 4 is 17.7 Å². The van der Waals surface area contributed by atoms with E-state index in [1.54, 1.807) is 5.57 Å². The lowest BCUT2D eigenvalue weighted by Gasteiger charge is -2.21. The van der Waals surface area contributed by atoms with E-state index in [0.717, 1.165) is 6.42 Å². The zero-order chi connectivity index (χ0) is 12.8. The third-order valence-corrected chi connectivity index (χ3v) is 4.31. The maximum Gasteiger partial charge on any atom is 0.0966 e. The van der Waals surface area contributed by atoms with Gasteiger partial charge in [-0.3, -0.25) is 0 Å². The van der Waals surface area contributed by atoms with Crippen molar-refractivity contribution in [3.05, 3.63) is 63.3 Å². The third-order valence-electron chi connectivity index (χ3n) is 4.31. The van der Waals surface area contributed by atoms with Gasteiger partial charge >= 0.3 is 0 Å². The highest BCUT2D eigenvalue weighted by Crippen LogP contribution is 2.30. The van der Waals surface area contributed by atoms with Crippen LogP contribution in [0.3, 0.4) is 0 Å². The fourth-order valence-electron chi connectivity index (χ4n) is 3.35. The predicted octanol–water partition coefficient (Wildman–Crippen LogP) is 2.75. The van der Waals surface area contributed by atoms with Crippen molar-refractivity contribution in [2.24, 2.45) is 0 Å². The first-order chi connectivity index (χ1) is 9.33. The molecule has 0 fully saturated rings. The molecule has 0 saturated carbocycles. The molecule has 94 valence electrons. The van der Waals surface area contributed by atoms with Crippen molar-refractivity contribution in [3.63, 3.8) is 0 Å². The van der Waals surface area contributed by atoms with Crippen molar-refractivity contribution in [3.8, 4) is 0 Å². The number of rotatable bonds is 0. The van der Waals surface area contributed by atoms with Gasteiger partial charge in [0.1, 0.15) is 0 Å². The zero-order valence-electron chi connectivity index (χ0n) is 10.8. The molecule has 0 amide bonds. The average molecular weight is 248 g/mol. The van der Waals surface area contributed by atoms with Crippen LogP contribution in [0, 0.1) is 0 Å². The van der Waals surface area contributed by atoms with Gasteiger partial charge in [0.2, 0.25) is 0 Å². The summed E-state index contributed by atoms with van der Waals surface area (Å²) in [7, 11) is 0. The Morgan fingerprint density at radius 1 is 1.05 bits per heavy atom. The molecule has 1 N–H and O–H groups in total. The lowest BCUT2D eigenvalue weighted by atomic mass is 9.84. The van der Waals surface area contributed by atoms with Gasteiger partial charge in [-0.1, -0.05) is 42.0 Å². The largest absolute Gasteiger partial charge is 0.512 e. The fourth-order valence-corrected chi connectivity index (χ4v) is 3.35. The minimum Gasteiger partial charge on any atom is -0.512 e. The summed E-state index contributed by atoms with van der Waals surface area (Å²) in [5.41, 5.74) is 5.60. The second kappa shape index (κ2) is 3.99. The van der Waals surface area contributed by atoms with E-state index in [-0.39, 0.29) is 0 Å². The van der Waals surface area contributed by atoms with Gasteiger partial charge in [0.15, 0.2) is 0 Å². The Bertz CT molecular complexity index is 773. The van der Waals surface area contributed by atoms with Gasteiger partial charge in [0, 0.05) is 6.42 Å². The van der Waals surface area contributed by atoms with Crippen LogP contribution in [0.4, 0.5) is 0 Å². The molecule has 0 aliphatic heterocycles. The van der Waals surface area contributed by atoms with Gasteiger partial charge in [0.05, 0.1) is 5.76 Å². The zero-order valence-corrected chi connectivity index (χ0v) is 10.8. The Hall–Kier alpha value is -2.02. The molecule has 19 heavy (non-hydrogen) atoms. The molecule has 1 heteroatoms. The van der Waals surface area contributed by atoms with Crippen LogP contribution in [0.2, 0.25) is 0 Å². The van der Waals surface area contributed by atoms with Crippen LogP contribution in [0.5, 0.6) is 0 Å². The summed E-state index contributed by atoms with van der Waals surface area (Å²) in [4.78, 5) is 0. The molecule has 0 aromatic heterocycles. The molecule has 0 saturated heterocycles. The Kier molecular flexibility index (Phi) is 2.28. The second-order valence-electron chi connectivity index (χ2n) is 5.47. The molecule has 3 aliphatic carbocycles. The van der Waals surface area contributed by atoms with Crippen LogP contribution in [0.25, 0.3) is 17.7 Å². The normalized spacial score (nSPS) is 19.7. The SMILES string of the molecule is OC1=CC=c2c(ccc3c2=CCC2=C3C=CCC2)C1. The Morgan fingerprint density at radius 3 is 2.95 bits per heavy atom. The summed E-state index contributed by atoms with van der Waals surface area (Å²) in [6, 6.07) is 4.39. The van der Waals surface area contributed by atoms with E-state index in [2.05, 4.69) is 36.4 Å². The summed E-state index contributed by atoms with van der Waals surface area (Å²) < 4.78 is 0. The van der Waals surface area contributed by atoms with Crippen LogP contribution in [-0.2, 0) is 6.42 Å². The van der Waals surface area contributed by atoms with Crippen LogP contribution in [0.15, 0.2) is 41.7 Å². The lowest BCUT2D eigenvalue weighted by Crippen LogP contribution is -2.34. The summed E-state index contributed by atoms with van der Waals surface area (Å²) in [5, 5.41) is 12.3. The fraction of sp³-hybridized carbons (Fsp3) is 0.222. The highest BCUT2D eigenvalue weighted by atomic mass is 16.3. The molecule has 0 radical (unpaired) electrons. The molecular weight excluding hydrogens is 232 g/mol. The summed E-state index contributed by atoms with van der Waals surface area (Å²) in [5.74, 6) is 0.459. The van der Waals surface area contributed by atoms with Crippen LogP contribution >= 0.6 is 0 Å². The van der Waals surface area contributed by atoms with Crippen molar-refractivity contribution in [1.82, 2.24) is 0 Å². The van der Waals surface area contributed by atoms with Gasteiger partial charge in [-0.15, -0.1) is 0 Å². The van der Waals surface area contributed by atoms with Crippen molar-refractivity contribution in [2.75, 3.05) is 0 Å². The van der Waals surface area contributed by atoms with Crippen molar-refractivity contribution < 1.29 is 5.11 Å². The topological polar surface area (TPSA) is 20.2 Å². The first-order valence-electron chi connectivity index (χ1n) is 6.94. The van der Waals surface area contributed by atoms with Crippen LogP contribution in [-0.4, -0.2) is 5.11 Å². The summed E-state index contributed by atoms with van der Waals surface area (Å²) in [6.07, 6.45) is 14.9. The molecule has 0 heterocycles. The van der Waals surface area contributed by atoms with E-state index >= 15 is 0 Å². The van der Waals surface area contributed by atoms with Crippen LogP contribution < -0.4 is 10.4 Å². The highest BCUT2D eigenvalue weighted by Gasteiger charge is 2.16. The molecule has 1 aromatic carbocycles. The number of aliphatic hydroxyl groups excluding tert-OH is 1. The van der Waals surface area contributed by atoms with Crippen molar-refractivity contribution in [1.29, 1.82) is 0 Å². The Balaban J connectivity index is 2.02. The third kappa shape index (κ3) is 1.61. The number of benzene rings is 1. The minimum atomic E-state index is 0.459. The van der Waals surface area contributed by atoms with Gasteiger partial charge in [-0.2, -0.15) is 0 Å². The first-order valence-corrected chi connectivity index (χ1v) is 6.94. The highest BCUT2D eigenvalue weighted by molar-refractivity contribution is 5.81. The molecule has 1 aromatic rings. The smallest absolute Gasteiger partial charge is 0.0966 e. The second-order valence-corrected chi connectivity index (χ2v) is 5.47. The summed E-state index contributed by atoms with van der Waals surface area (Å²) >= 11 is 0. The number of hydrogen-bond acceptors (Lipinski definition) is 1. The van der Waals surface area contributed by atoms with Gasteiger partial charge < -0.3 is 5.11 Å². The van der Waals surface area contributed by atoms with E-state index < -0.39 is 0 Å². The van der Waals surface area contributed by atoms with E-state index in [0.29, 0.717) is 12.2 Å². The van der Waals surface area contributed by atoms with Crippen molar-refractivity contribution in [2.45, 2.75) is 25.7 Å². The molecular formula is C18H16O. The number of fused-ring (bicyclic) bond motifs is 4. The monoisotopic (exact) mass is 248 g/mol.